The van der Waals surface area contributed by atoms with Crippen LogP contribution in [0, 0.1) is 0 Å². The van der Waals surface area contributed by atoms with Gasteiger partial charge in [0.25, 0.3) is 0 Å². The molecule has 0 aliphatic rings. The molecule has 0 spiro atoms. The normalized spacial score (nSPS) is 13.6. The van der Waals surface area contributed by atoms with Crippen molar-refractivity contribution < 1.29 is 19.4 Å². The molecule has 1 atom stereocenters. The molecule has 0 saturated carbocycles. The lowest BCUT2D eigenvalue weighted by Crippen LogP contribution is -2.50. The van der Waals surface area contributed by atoms with Gasteiger partial charge >= 0.3 is 5.97 Å². The molecule has 0 saturated heterocycles. The number of carbonyl (C=O) groups is 2. The van der Waals surface area contributed by atoms with Crippen LogP contribution in [0.1, 0.15) is 50.7 Å². The monoisotopic (exact) mass is 321 g/mol. The fourth-order valence-electron chi connectivity index (χ4n) is 2.51. The Hall–Kier alpha value is -1.88. The molecule has 0 fully saturated rings. The number of rotatable bonds is 9. The van der Waals surface area contributed by atoms with Gasteiger partial charge < -0.3 is 15.2 Å². The van der Waals surface area contributed by atoms with Crippen LogP contribution in [0.5, 0.6) is 0 Å². The first-order chi connectivity index (χ1) is 10.8. The summed E-state index contributed by atoms with van der Waals surface area (Å²) in [7, 11) is 1.49. The number of hydrogen-bond acceptors (Lipinski definition) is 3. The number of methoxy groups -OCH3 is 1. The zero-order chi connectivity index (χ0) is 17.5. The van der Waals surface area contributed by atoms with Gasteiger partial charge in [0.1, 0.15) is 0 Å². The predicted molar refractivity (Wildman–Crippen MR) is 89.5 cm³/mol. The van der Waals surface area contributed by atoms with Crippen molar-refractivity contribution >= 4 is 11.9 Å². The number of benzene rings is 1. The van der Waals surface area contributed by atoms with Crippen LogP contribution >= 0.6 is 0 Å². The van der Waals surface area contributed by atoms with Gasteiger partial charge in [-0.1, -0.05) is 38.1 Å². The van der Waals surface area contributed by atoms with E-state index in [2.05, 4.69) is 31.3 Å². The van der Waals surface area contributed by atoms with E-state index in [1.807, 2.05) is 12.1 Å². The first-order valence-electron chi connectivity index (χ1n) is 7.86. The van der Waals surface area contributed by atoms with Gasteiger partial charge in [-0.05, 0) is 30.4 Å². The molecule has 128 valence electrons. The van der Waals surface area contributed by atoms with E-state index in [9.17, 15) is 9.59 Å². The van der Waals surface area contributed by atoms with Crippen molar-refractivity contribution in [1.29, 1.82) is 0 Å². The van der Waals surface area contributed by atoms with Crippen LogP contribution in [0.25, 0.3) is 0 Å². The average Bonchev–Trinajstić information content (AvgIpc) is 2.44. The third-order valence-electron chi connectivity index (χ3n) is 3.73. The summed E-state index contributed by atoms with van der Waals surface area (Å²) < 4.78 is 5.03. The van der Waals surface area contributed by atoms with Crippen LogP contribution in [-0.2, 0) is 20.7 Å². The number of carboxylic acids is 1. The molecule has 5 heteroatoms. The first-order valence-corrected chi connectivity index (χ1v) is 7.86. The number of carboxylic acid groups (broad SMARTS) is 1. The Bertz CT molecular complexity index is 524. The molecule has 1 aromatic carbocycles. The lowest BCUT2D eigenvalue weighted by Gasteiger charge is -2.28. The number of ether oxygens (including phenoxy) is 1. The zero-order valence-corrected chi connectivity index (χ0v) is 14.4. The molecule has 0 radical (unpaired) electrons. The maximum Gasteiger partial charge on any atom is 0.305 e. The number of hydrogen-bond donors (Lipinski definition) is 2. The fourth-order valence-corrected chi connectivity index (χ4v) is 2.51. The summed E-state index contributed by atoms with van der Waals surface area (Å²) in [5.74, 6) is -0.647. The molecule has 0 aromatic heterocycles. The summed E-state index contributed by atoms with van der Waals surface area (Å²) >= 11 is 0. The third kappa shape index (κ3) is 6.82. The Balaban J connectivity index is 2.56. The van der Waals surface area contributed by atoms with Crippen molar-refractivity contribution in [2.75, 3.05) is 13.7 Å². The second kappa shape index (κ2) is 8.67. The highest BCUT2D eigenvalue weighted by Gasteiger charge is 2.29. The van der Waals surface area contributed by atoms with Crippen molar-refractivity contribution in [3.05, 3.63) is 35.4 Å². The third-order valence-corrected chi connectivity index (χ3v) is 3.73. The minimum Gasteiger partial charge on any atom is -0.481 e. The van der Waals surface area contributed by atoms with Crippen LogP contribution in [0.4, 0.5) is 0 Å². The highest BCUT2D eigenvalue weighted by Crippen LogP contribution is 2.16. The molecule has 0 aliphatic heterocycles. The van der Waals surface area contributed by atoms with Gasteiger partial charge in [0.2, 0.25) is 5.91 Å². The molecular formula is C18H27NO4. The molecule has 1 amide bonds. The van der Waals surface area contributed by atoms with Crippen LogP contribution in [0.3, 0.4) is 0 Å². The van der Waals surface area contributed by atoms with Crippen LogP contribution < -0.4 is 5.32 Å². The highest BCUT2D eigenvalue weighted by molar-refractivity contribution is 5.78. The molecular weight excluding hydrogens is 294 g/mol. The lowest BCUT2D eigenvalue weighted by atomic mass is 9.97. The topological polar surface area (TPSA) is 75.6 Å². The summed E-state index contributed by atoms with van der Waals surface area (Å²) in [4.78, 5) is 23.0. The smallest absolute Gasteiger partial charge is 0.305 e. The maximum atomic E-state index is 12.1. The highest BCUT2D eigenvalue weighted by atomic mass is 16.5. The van der Waals surface area contributed by atoms with E-state index in [0.717, 1.165) is 5.56 Å². The zero-order valence-electron chi connectivity index (χ0n) is 14.4. The second-order valence-corrected chi connectivity index (χ2v) is 6.51. The van der Waals surface area contributed by atoms with Gasteiger partial charge in [-0.2, -0.15) is 0 Å². The number of nitrogens with one attached hydrogen (secondary N) is 1. The molecule has 0 aliphatic carbocycles. The summed E-state index contributed by atoms with van der Waals surface area (Å²) in [6.45, 7) is 6.12. The Morgan fingerprint density at radius 1 is 1.26 bits per heavy atom. The Labute approximate surface area is 138 Å². The van der Waals surface area contributed by atoms with Crippen molar-refractivity contribution in [2.45, 2.75) is 51.5 Å². The average molecular weight is 321 g/mol. The number of aliphatic carboxylic acids is 1. The van der Waals surface area contributed by atoms with Gasteiger partial charge in [-0.15, -0.1) is 0 Å². The molecule has 1 rings (SSSR count). The summed E-state index contributed by atoms with van der Waals surface area (Å²) in [6.07, 6.45) is 0.774. The van der Waals surface area contributed by atoms with E-state index >= 15 is 0 Å². The number of aryl methyl sites for hydroxylation is 1. The van der Waals surface area contributed by atoms with E-state index in [-0.39, 0.29) is 18.9 Å². The second-order valence-electron chi connectivity index (χ2n) is 6.51. The maximum absolute atomic E-state index is 12.1. The fraction of sp³-hybridized carbons (Fsp3) is 0.556. The number of carbonyl (C=O) groups excluding carboxylic acids is 1. The summed E-state index contributed by atoms with van der Waals surface area (Å²) in [6, 6.07) is 8.23. The van der Waals surface area contributed by atoms with E-state index < -0.39 is 11.5 Å². The Morgan fingerprint density at radius 3 is 2.35 bits per heavy atom. The van der Waals surface area contributed by atoms with E-state index in [0.29, 0.717) is 18.8 Å². The summed E-state index contributed by atoms with van der Waals surface area (Å²) in [5.41, 5.74) is 1.47. The minimum absolute atomic E-state index is 0.161. The van der Waals surface area contributed by atoms with Crippen molar-refractivity contribution in [3.8, 4) is 0 Å². The first kappa shape index (κ1) is 19.2. The Morgan fingerprint density at radius 2 is 1.87 bits per heavy atom. The molecule has 1 aromatic rings. The quantitative estimate of drug-likeness (QED) is 0.733. The van der Waals surface area contributed by atoms with Gasteiger partial charge in [-0.25, -0.2) is 0 Å². The minimum atomic E-state index is -0.964. The lowest BCUT2D eigenvalue weighted by molar-refractivity contribution is -0.139. The van der Waals surface area contributed by atoms with Gasteiger partial charge in [0.05, 0.1) is 18.6 Å². The van der Waals surface area contributed by atoms with Crippen LogP contribution in [0.2, 0.25) is 0 Å². The molecule has 5 nitrogen and oxygen atoms in total. The van der Waals surface area contributed by atoms with Crippen molar-refractivity contribution in [3.63, 3.8) is 0 Å². The van der Waals surface area contributed by atoms with Crippen LogP contribution in [0.15, 0.2) is 24.3 Å². The largest absolute Gasteiger partial charge is 0.481 e. The Kier molecular flexibility index (Phi) is 7.23. The molecule has 0 heterocycles. The van der Waals surface area contributed by atoms with E-state index in [1.165, 1.54) is 12.7 Å². The summed E-state index contributed by atoms with van der Waals surface area (Å²) in [5, 5.41) is 11.7. The molecule has 2 N–H and O–H groups in total. The number of amides is 1. The van der Waals surface area contributed by atoms with Crippen LogP contribution in [-0.4, -0.2) is 36.2 Å². The van der Waals surface area contributed by atoms with Crippen molar-refractivity contribution in [2.24, 2.45) is 0 Å². The SMILES string of the molecule is COCC(C)(CC(=O)O)NC(=O)CCc1ccc(C(C)C)cc1. The van der Waals surface area contributed by atoms with E-state index in [4.69, 9.17) is 9.84 Å². The molecule has 23 heavy (non-hydrogen) atoms. The van der Waals surface area contributed by atoms with Gasteiger partial charge in [0.15, 0.2) is 0 Å². The van der Waals surface area contributed by atoms with Gasteiger partial charge in [-0.3, -0.25) is 9.59 Å². The molecule has 0 bridgehead atoms. The molecule has 1 unspecified atom stereocenters. The standard InChI is InChI=1S/C18H27NO4/c1-13(2)15-8-5-14(6-9-15)7-10-16(20)19-18(3,12-23-4)11-17(21)22/h5-6,8-9,13H,7,10-12H2,1-4H3,(H,19,20)(H,21,22). The van der Waals surface area contributed by atoms with Crippen molar-refractivity contribution in [1.82, 2.24) is 5.32 Å². The van der Waals surface area contributed by atoms with E-state index in [1.54, 1.807) is 6.92 Å². The van der Waals surface area contributed by atoms with Gasteiger partial charge in [0, 0.05) is 13.5 Å². The predicted octanol–water partition coefficient (Wildman–Crippen LogP) is 2.74.